The van der Waals surface area contributed by atoms with Crippen molar-refractivity contribution < 1.29 is 40.6 Å². The predicted octanol–water partition coefficient (Wildman–Crippen LogP) is 0.845. The first-order valence-corrected chi connectivity index (χ1v) is 13.4. The Morgan fingerprint density at radius 1 is 1.38 bits per heavy atom. The molecule has 2 atom stereocenters. The number of rotatable bonds is 9. The van der Waals surface area contributed by atoms with Crippen LogP contribution >= 0.6 is 11.3 Å². The van der Waals surface area contributed by atoms with Gasteiger partial charge in [0.2, 0.25) is 16.3 Å². The highest BCUT2D eigenvalue weighted by atomic mass is 32.3. The van der Waals surface area contributed by atoms with Crippen LogP contribution in [0, 0.1) is 0 Å². The molecule has 0 aliphatic carbocycles. The number of primary sulfonamides is 1. The minimum Gasteiger partial charge on any atom is -0.426 e. The molecule has 1 aromatic rings. The Balaban J connectivity index is 2.48. The van der Waals surface area contributed by atoms with E-state index in [1.165, 1.54) is 29.3 Å². The molecule has 0 spiro atoms. The van der Waals surface area contributed by atoms with E-state index in [4.69, 9.17) is 19.3 Å². The van der Waals surface area contributed by atoms with Gasteiger partial charge in [0, 0.05) is 52.8 Å². The van der Waals surface area contributed by atoms with Crippen molar-refractivity contribution in [2.45, 2.75) is 47.9 Å². The van der Waals surface area contributed by atoms with Crippen LogP contribution in [0.3, 0.4) is 0 Å². The summed E-state index contributed by atoms with van der Waals surface area (Å²) in [5.41, 5.74) is 0.140. The Bertz CT molecular complexity index is 1050. The smallest absolute Gasteiger partial charge is 0.413 e. The highest BCUT2D eigenvalue weighted by Gasteiger charge is 2.43. The molecule has 12 nitrogen and oxygen atoms in total. The molecule has 2 N–H and O–H groups in total. The summed E-state index contributed by atoms with van der Waals surface area (Å²) in [7, 11) is -6.70. The van der Waals surface area contributed by atoms with Gasteiger partial charge in [0.25, 0.3) is 10.0 Å². The molecular weight excluding hydrogens is 486 g/mol. The van der Waals surface area contributed by atoms with Crippen LogP contribution in [0.4, 0.5) is 4.79 Å². The van der Waals surface area contributed by atoms with Gasteiger partial charge in [0.05, 0.1) is 6.04 Å². The van der Waals surface area contributed by atoms with Crippen LogP contribution in [-0.2, 0) is 39.1 Å². The fourth-order valence-electron chi connectivity index (χ4n) is 3.25. The first kappa shape index (κ1) is 26.5. The SMILES string of the molecule is CCN(C(=O)OC(C)OC(C)=O)[C@H]1CN(CCCOC)S(=O)(=O)c2sc(S(N)(=O)=O)cc21. The number of sulfonamides is 2. The molecular formula is C17H27N3O9S3. The van der Waals surface area contributed by atoms with Gasteiger partial charge in [-0.25, -0.2) is 26.8 Å². The van der Waals surface area contributed by atoms with Gasteiger partial charge in [-0.15, -0.1) is 11.3 Å². The quantitative estimate of drug-likeness (QED) is 0.286. The molecule has 1 aliphatic heterocycles. The number of amides is 1. The minimum atomic E-state index is -4.17. The van der Waals surface area contributed by atoms with Crippen molar-refractivity contribution in [2.75, 3.05) is 33.4 Å². The normalized spacial score (nSPS) is 19.1. The van der Waals surface area contributed by atoms with Gasteiger partial charge < -0.3 is 14.2 Å². The Kier molecular flexibility index (Phi) is 8.63. The van der Waals surface area contributed by atoms with Crippen LogP contribution in [0.5, 0.6) is 0 Å². The summed E-state index contributed by atoms with van der Waals surface area (Å²) in [6, 6.07) is 0.333. The van der Waals surface area contributed by atoms with Crippen molar-refractivity contribution in [3.63, 3.8) is 0 Å². The van der Waals surface area contributed by atoms with E-state index >= 15 is 0 Å². The van der Waals surface area contributed by atoms with Crippen molar-refractivity contribution in [3.8, 4) is 0 Å². The van der Waals surface area contributed by atoms with Crippen LogP contribution in [0.15, 0.2) is 14.5 Å². The van der Waals surface area contributed by atoms with Gasteiger partial charge in [-0.1, -0.05) is 0 Å². The third kappa shape index (κ3) is 5.96. The van der Waals surface area contributed by atoms with Gasteiger partial charge >= 0.3 is 12.1 Å². The third-order valence-corrected chi connectivity index (χ3v) is 9.56. The van der Waals surface area contributed by atoms with E-state index in [1.807, 2.05) is 0 Å². The molecule has 0 aromatic carbocycles. The fraction of sp³-hybridized carbons (Fsp3) is 0.647. The number of thiophene rings is 1. The summed E-state index contributed by atoms with van der Waals surface area (Å²) < 4.78 is 65.7. The molecule has 32 heavy (non-hydrogen) atoms. The number of carbonyl (C=O) groups excluding carboxylic acids is 2. The maximum absolute atomic E-state index is 13.1. The largest absolute Gasteiger partial charge is 0.426 e. The maximum Gasteiger partial charge on any atom is 0.413 e. The first-order valence-electron chi connectivity index (χ1n) is 9.63. The van der Waals surface area contributed by atoms with Crippen LogP contribution in [0.1, 0.15) is 38.8 Å². The van der Waals surface area contributed by atoms with Crippen molar-refractivity contribution in [1.82, 2.24) is 9.21 Å². The molecule has 0 radical (unpaired) electrons. The lowest BCUT2D eigenvalue weighted by atomic mass is 10.1. The van der Waals surface area contributed by atoms with Crippen LogP contribution in [0.2, 0.25) is 0 Å². The monoisotopic (exact) mass is 513 g/mol. The maximum atomic E-state index is 13.1. The van der Waals surface area contributed by atoms with Gasteiger partial charge in [0.15, 0.2) is 0 Å². The van der Waals surface area contributed by atoms with E-state index in [1.54, 1.807) is 6.92 Å². The summed E-state index contributed by atoms with van der Waals surface area (Å²) in [5.74, 6) is -0.639. The standard InChI is InChI=1S/C17H27N3O9S3/c1-5-20(17(22)29-12(3)28-11(2)21)14-10-19(7-6-8-27-4)32(25,26)16-13(14)9-15(30-16)31(18,23)24/h9,12,14H,5-8,10H2,1-4H3,(H2,18,23,24)/t12?,14-/m0/s1. The minimum absolute atomic E-state index is 0.102. The Labute approximate surface area is 191 Å². The second-order valence-corrected chi connectivity index (χ2v) is 11.9. The van der Waals surface area contributed by atoms with Crippen LogP contribution < -0.4 is 5.14 Å². The summed E-state index contributed by atoms with van der Waals surface area (Å²) >= 11 is 0.536. The lowest BCUT2D eigenvalue weighted by Gasteiger charge is -2.38. The highest BCUT2D eigenvalue weighted by molar-refractivity contribution is 7.94. The number of carbonyl (C=O) groups is 2. The van der Waals surface area contributed by atoms with E-state index in [0.717, 1.165) is 6.92 Å². The zero-order valence-electron chi connectivity index (χ0n) is 18.1. The summed E-state index contributed by atoms with van der Waals surface area (Å²) in [5, 5.41) is 5.22. The van der Waals surface area contributed by atoms with E-state index in [0.29, 0.717) is 24.4 Å². The zero-order chi connectivity index (χ0) is 24.3. The fourth-order valence-corrected chi connectivity index (χ4v) is 7.54. The Hall–Kier alpha value is -1.78. The number of likely N-dealkylation sites (N-methyl/N-ethyl adjacent to an activating group) is 1. The van der Waals surface area contributed by atoms with Crippen molar-refractivity contribution in [2.24, 2.45) is 5.14 Å². The molecule has 0 saturated heterocycles. The zero-order valence-corrected chi connectivity index (χ0v) is 20.6. The summed E-state index contributed by atoms with van der Waals surface area (Å²) in [6.07, 6.45) is -1.62. The van der Waals surface area contributed by atoms with Gasteiger partial charge in [0.1, 0.15) is 8.42 Å². The molecule has 2 heterocycles. The van der Waals surface area contributed by atoms with Gasteiger partial charge in [-0.05, 0) is 19.4 Å². The van der Waals surface area contributed by atoms with Crippen LogP contribution in [0.25, 0.3) is 0 Å². The second kappa shape index (κ2) is 10.4. The molecule has 182 valence electrons. The summed E-state index contributed by atoms with van der Waals surface area (Å²) in [4.78, 5) is 25.1. The molecule has 0 fully saturated rings. The van der Waals surface area contributed by atoms with Gasteiger partial charge in [-0.3, -0.25) is 9.69 Å². The number of nitrogens with zero attached hydrogens (tertiary/aromatic N) is 2. The Morgan fingerprint density at radius 2 is 2.03 bits per heavy atom. The molecule has 0 bridgehead atoms. The molecule has 2 rings (SSSR count). The number of hydrogen-bond donors (Lipinski definition) is 1. The van der Waals surface area contributed by atoms with Crippen molar-refractivity contribution >= 4 is 43.4 Å². The van der Waals surface area contributed by atoms with Gasteiger partial charge in [-0.2, -0.15) is 4.31 Å². The lowest BCUT2D eigenvalue weighted by Crippen LogP contribution is -2.47. The van der Waals surface area contributed by atoms with Crippen LogP contribution in [-0.4, -0.2) is 77.7 Å². The topological polar surface area (TPSA) is 163 Å². The number of esters is 1. The Morgan fingerprint density at radius 3 is 2.56 bits per heavy atom. The average molecular weight is 514 g/mol. The number of hydrogen-bond acceptors (Lipinski definition) is 10. The van der Waals surface area contributed by atoms with Crippen molar-refractivity contribution in [1.29, 1.82) is 0 Å². The lowest BCUT2D eigenvalue weighted by molar-refractivity contribution is -0.163. The second-order valence-electron chi connectivity index (χ2n) is 6.93. The van der Waals surface area contributed by atoms with E-state index < -0.39 is 44.4 Å². The molecule has 1 aromatic heterocycles. The van der Waals surface area contributed by atoms with E-state index in [9.17, 15) is 26.4 Å². The molecule has 1 unspecified atom stereocenters. The third-order valence-electron chi connectivity index (χ3n) is 4.60. The predicted molar refractivity (Wildman–Crippen MR) is 114 cm³/mol. The van der Waals surface area contributed by atoms with Crippen molar-refractivity contribution in [3.05, 3.63) is 11.6 Å². The summed E-state index contributed by atoms with van der Waals surface area (Å²) in [6.45, 7) is 4.60. The molecule has 0 saturated carbocycles. The number of fused-ring (bicyclic) bond motifs is 1. The number of nitrogens with two attached hydrogens (primary N) is 1. The molecule has 1 aliphatic rings. The average Bonchev–Trinajstić information content (AvgIpc) is 3.12. The van der Waals surface area contributed by atoms with E-state index in [-0.39, 0.29) is 33.6 Å². The molecule has 15 heteroatoms. The first-order chi connectivity index (χ1) is 14.8. The number of ether oxygens (including phenoxy) is 3. The number of methoxy groups -OCH3 is 1. The van der Waals surface area contributed by atoms with E-state index in [2.05, 4.69) is 0 Å². The highest BCUT2D eigenvalue weighted by Crippen LogP contribution is 2.42. The molecule has 1 amide bonds.